The number of carbonyl (C=O) groups excluding carboxylic acids is 1. The average molecular weight is 295 g/mol. The summed E-state index contributed by atoms with van der Waals surface area (Å²) in [6, 6.07) is 15.5. The number of benzene rings is 2. The molecule has 0 bridgehead atoms. The van der Waals surface area contributed by atoms with Crippen molar-refractivity contribution in [1.82, 2.24) is 14.9 Å². The van der Waals surface area contributed by atoms with Crippen LogP contribution in [0.3, 0.4) is 0 Å². The minimum absolute atomic E-state index is 0.0468. The molecular formula is C17H17N3O2. The van der Waals surface area contributed by atoms with E-state index in [1.54, 1.807) is 4.57 Å². The fourth-order valence-corrected chi connectivity index (χ4v) is 2.44. The standard InChI is InChI=1S/C17H17N3O2/c1-12(21)18-10-13-6-8-14(9-7-13)11-20-16-5-3-2-4-15(16)19-17(20)22/h2-9H,10-11H2,1H3,(H,18,21)(H,19,22). The summed E-state index contributed by atoms with van der Waals surface area (Å²) in [4.78, 5) is 25.8. The number of fused-ring (bicyclic) bond motifs is 1. The molecule has 1 aromatic heterocycles. The Morgan fingerprint density at radius 1 is 1.09 bits per heavy atom. The molecule has 5 heteroatoms. The van der Waals surface area contributed by atoms with Gasteiger partial charge in [0.2, 0.25) is 5.91 Å². The third kappa shape index (κ3) is 2.93. The molecule has 2 N–H and O–H groups in total. The summed E-state index contributed by atoms with van der Waals surface area (Å²) >= 11 is 0. The highest BCUT2D eigenvalue weighted by molar-refractivity contribution is 5.75. The number of H-pyrrole nitrogens is 1. The molecule has 1 heterocycles. The zero-order chi connectivity index (χ0) is 15.5. The Balaban J connectivity index is 1.82. The van der Waals surface area contributed by atoms with Crippen molar-refractivity contribution in [2.24, 2.45) is 0 Å². The number of para-hydroxylation sites is 2. The summed E-state index contributed by atoms with van der Waals surface area (Å²) in [7, 11) is 0. The zero-order valence-corrected chi connectivity index (χ0v) is 12.3. The number of amides is 1. The van der Waals surface area contributed by atoms with Gasteiger partial charge in [0.1, 0.15) is 0 Å². The van der Waals surface area contributed by atoms with Gasteiger partial charge in [0.15, 0.2) is 0 Å². The number of carbonyl (C=O) groups is 1. The molecule has 1 amide bonds. The Bertz CT molecular complexity index is 859. The number of hydrogen-bond donors (Lipinski definition) is 2. The molecular weight excluding hydrogens is 278 g/mol. The molecule has 0 radical (unpaired) electrons. The first-order valence-corrected chi connectivity index (χ1v) is 7.13. The molecule has 3 rings (SSSR count). The second-order valence-electron chi connectivity index (χ2n) is 5.26. The van der Waals surface area contributed by atoms with Crippen LogP contribution in [0.2, 0.25) is 0 Å². The van der Waals surface area contributed by atoms with E-state index in [2.05, 4.69) is 10.3 Å². The molecule has 0 unspecified atom stereocenters. The highest BCUT2D eigenvalue weighted by Crippen LogP contribution is 2.12. The minimum Gasteiger partial charge on any atom is -0.352 e. The Morgan fingerprint density at radius 2 is 1.77 bits per heavy atom. The largest absolute Gasteiger partial charge is 0.352 e. The maximum Gasteiger partial charge on any atom is 0.326 e. The van der Waals surface area contributed by atoms with Crippen molar-refractivity contribution in [2.75, 3.05) is 0 Å². The van der Waals surface area contributed by atoms with Crippen molar-refractivity contribution in [1.29, 1.82) is 0 Å². The van der Waals surface area contributed by atoms with Gasteiger partial charge in [-0.2, -0.15) is 0 Å². The van der Waals surface area contributed by atoms with Crippen LogP contribution in [0.1, 0.15) is 18.1 Å². The maximum absolute atomic E-state index is 12.0. The van der Waals surface area contributed by atoms with Gasteiger partial charge in [-0.25, -0.2) is 4.79 Å². The van der Waals surface area contributed by atoms with Gasteiger partial charge in [-0.1, -0.05) is 36.4 Å². The van der Waals surface area contributed by atoms with E-state index < -0.39 is 0 Å². The second kappa shape index (κ2) is 5.89. The summed E-state index contributed by atoms with van der Waals surface area (Å²) in [6.45, 7) is 2.53. The lowest BCUT2D eigenvalue weighted by Gasteiger charge is -2.06. The van der Waals surface area contributed by atoms with Crippen LogP contribution in [0.5, 0.6) is 0 Å². The van der Waals surface area contributed by atoms with E-state index in [1.165, 1.54) is 6.92 Å². The fraction of sp³-hybridized carbons (Fsp3) is 0.176. The highest BCUT2D eigenvalue weighted by Gasteiger charge is 2.06. The van der Waals surface area contributed by atoms with Gasteiger partial charge in [-0.05, 0) is 23.3 Å². The van der Waals surface area contributed by atoms with Gasteiger partial charge in [0.25, 0.3) is 0 Å². The van der Waals surface area contributed by atoms with Gasteiger partial charge in [0.05, 0.1) is 17.6 Å². The lowest BCUT2D eigenvalue weighted by atomic mass is 10.1. The molecule has 0 aliphatic rings. The van der Waals surface area contributed by atoms with Crippen LogP contribution in [0.4, 0.5) is 0 Å². The zero-order valence-electron chi connectivity index (χ0n) is 12.3. The van der Waals surface area contributed by atoms with Crippen molar-refractivity contribution in [3.8, 4) is 0 Å². The first-order valence-electron chi connectivity index (χ1n) is 7.13. The molecule has 0 saturated heterocycles. The van der Waals surface area contributed by atoms with E-state index in [-0.39, 0.29) is 11.6 Å². The number of hydrogen-bond acceptors (Lipinski definition) is 2. The molecule has 0 spiro atoms. The Kier molecular flexibility index (Phi) is 3.78. The van der Waals surface area contributed by atoms with Crippen LogP contribution in [0, 0.1) is 0 Å². The van der Waals surface area contributed by atoms with E-state index in [0.717, 1.165) is 22.2 Å². The van der Waals surface area contributed by atoms with Crippen molar-refractivity contribution in [3.05, 3.63) is 70.1 Å². The van der Waals surface area contributed by atoms with E-state index in [9.17, 15) is 9.59 Å². The van der Waals surface area contributed by atoms with Crippen LogP contribution < -0.4 is 11.0 Å². The third-order valence-corrected chi connectivity index (χ3v) is 3.59. The van der Waals surface area contributed by atoms with E-state index in [1.807, 2.05) is 48.5 Å². The predicted molar refractivity (Wildman–Crippen MR) is 85.6 cm³/mol. The maximum atomic E-state index is 12.0. The number of aromatic amines is 1. The molecule has 0 fully saturated rings. The predicted octanol–water partition coefficient (Wildman–Crippen LogP) is 2.01. The molecule has 3 aromatic rings. The van der Waals surface area contributed by atoms with E-state index in [4.69, 9.17) is 0 Å². The third-order valence-electron chi connectivity index (χ3n) is 3.59. The quantitative estimate of drug-likeness (QED) is 0.773. The summed E-state index contributed by atoms with van der Waals surface area (Å²) < 4.78 is 1.72. The second-order valence-corrected chi connectivity index (χ2v) is 5.26. The number of rotatable bonds is 4. The topological polar surface area (TPSA) is 66.9 Å². The summed E-state index contributed by atoms with van der Waals surface area (Å²) in [6.07, 6.45) is 0. The molecule has 22 heavy (non-hydrogen) atoms. The van der Waals surface area contributed by atoms with Crippen LogP contribution in [-0.2, 0) is 17.9 Å². The number of nitrogens with one attached hydrogen (secondary N) is 2. The highest BCUT2D eigenvalue weighted by atomic mass is 16.1. The molecule has 2 aromatic carbocycles. The number of aromatic nitrogens is 2. The Morgan fingerprint density at radius 3 is 2.50 bits per heavy atom. The summed E-state index contributed by atoms with van der Waals surface area (Å²) in [5, 5.41) is 2.76. The molecule has 5 nitrogen and oxygen atoms in total. The van der Waals surface area contributed by atoms with Gasteiger partial charge >= 0.3 is 5.69 Å². The summed E-state index contributed by atoms with van der Waals surface area (Å²) in [5.74, 6) is -0.0468. The Hall–Kier alpha value is -2.82. The molecule has 0 saturated carbocycles. The Labute approximate surface area is 127 Å². The first kappa shape index (κ1) is 14.1. The monoisotopic (exact) mass is 295 g/mol. The van der Waals surface area contributed by atoms with Crippen LogP contribution in [-0.4, -0.2) is 15.5 Å². The molecule has 0 aliphatic carbocycles. The van der Waals surface area contributed by atoms with Gasteiger partial charge in [-0.15, -0.1) is 0 Å². The van der Waals surface area contributed by atoms with Gasteiger partial charge in [-0.3, -0.25) is 9.36 Å². The van der Waals surface area contributed by atoms with Crippen molar-refractivity contribution >= 4 is 16.9 Å². The first-order chi connectivity index (χ1) is 10.6. The van der Waals surface area contributed by atoms with Crippen molar-refractivity contribution in [2.45, 2.75) is 20.0 Å². The normalized spacial score (nSPS) is 10.8. The molecule has 0 aliphatic heterocycles. The number of nitrogens with zero attached hydrogens (tertiary/aromatic N) is 1. The van der Waals surface area contributed by atoms with Crippen LogP contribution >= 0.6 is 0 Å². The molecule has 112 valence electrons. The average Bonchev–Trinajstić information content (AvgIpc) is 2.83. The van der Waals surface area contributed by atoms with Crippen LogP contribution in [0.25, 0.3) is 11.0 Å². The fourth-order valence-electron chi connectivity index (χ4n) is 2.44. The van der Waals surface area contributed by atoms with E-state index in [0.29, 0.717) is 13.1 Å². The SMILES string of the molecule is CC(=O)NCc1ccc(Cn2c(=O)[nH]c3ccccc32)cc1. The minimum atomic E-state index is -0.108. The summed E-state index contributed by atoms with van der Waals surface area (Å²) in [5.41, 5.74) is 3.71. The molecule has 0 atom stereocenters. The van der Waals surface area contributed by atoms with Crippen molar-refractivity contribution < 1.29 is 4.79 Å². The smallest absolute Gasteiger partial charge is 0.326 e. The van der Waals surface area contributed by atoms with Crippen molar-refractivity contribution in [3.63, 3.8) is 0 Å². The van der Waals surface area contributed by atoms with Gasteiger partial charge in [0, 0.05) is 13.5 Å². The lowest BCUT2D eigenvalue weighted by Crippen LogP contribution is -2.19. The lowest BCUT2D eigenvalue weighted by molar-refractivity contribution is -0.119. The van der Waals surface area contributed by atoms with Crippen LogP contribution in [0.15, 0.2) is 53.3 Å². The number of imidazole rings is 1. The van der Waals surface area contributed by atoms with Gasteiger partial charge < -0.3 is 10.3 Å². The van der Waals surface area contributed by atoms with E-state index >= 15 is 0 Å².